The van der Waals surface area contributed by atoms with Gasteiger partial charge in [0.2, 0.25) is 0 Å². The van der Waals surface area contributed by atoms with Gasteiger partial charge >= 0.3 is 6.09 Å². The Bertz CT molecular complexity index is 1390. The minimum Gasteiger partial charge on any atom is -0.492 e. The topological polar surface area (TPSA) is 94.1 Å². The number of aromatic nitrogens is 3. The number of carbonyl (C=O) groups excluding carboxylic acids is 1. The standard InChI is InChI=1S/C28H29N5O3/c1-19(2)36-28(34)31-21-8-6-20(7-9-21)27-25(17-29)24-16-23(35-15-14-32-13-12-30-18-32)10-11-26(24)33(27)22-4-3-5-22/h6-13,16,18-19,22H,3-5,14-15H2,1-2H3,(H,31,34). The van der Waals surface area contributed by atoms with Gasteiger partial charge in [0.25, 0.3) is 0 Å². The molecule has 8 nitrogen and oxygen atoms in total. The first kappa shape index (κ1) is 23.5. The first-order chi connectivity index (χ1) is 17.5. The number of anilines is 1. The number of hydrogen-bond acceptors (Lipinski definition) is 5. The van der Waals surface area contributed by atoms with Crippen molar-refractivity contribution < 1.29 is 14.3 Å². The fourth-order valence-corrected chi connectivity index (χ4v) is 4.57. The number of nitrogens with zero attached hydrogens (tertiary/aromatic N) is 4. The zero-order chi connectivity index (χ0) is 25.1. The predicted molar refractivity (Wildman–Crippen MR) is 138 cm³/mol. The van der Waals surface area contributed by atoms with Gasteiger partial charge in [0.1, 0.15) is 18.4 Å². The van der Waals surface area contributed by atoms with Crippen molar-refractivity contribution in [3.8, 4) is 23.1 Å². The van der Waals surface area contributed by atoms with E-state index in [0.717, 1.165) is 40.8 Å². The molecule has 36 heavy (non-hydrogen) atoms. The normalized spacial score (nSPS) is 13.4. The molecule has 2 heterocycles. The maximum absolute atomic E-state index is 12.0. The van der Waals surface area contributed by atoms with E-state index in [-0.39, 0.29) is 6.10 Å². The van der Waals surface area contributed by atoms with Gasteiger partial charge in [0.15, 0.2) is 0 Å². The quantitative estimate of drug-likeness (QED) is 0.325. The Morgan fingerprint density at radius 3 is 2.67 bits per heavy atom. The number of hydrogen-bond donors (Lipinski definition) is 1. The monoisotopic (exact) mass is 483 g/mol. The molecule has 184 valence electrons. The lowest BCUT2D eigenvalue weighted by atomic mass is 9.92. The molecule has 0 bridgehead atoms. The molecule has 4 aromatic rings. The molecule has 5 rings (SSSR count). The van der Waals surface area contributed by atoms with Crippen molar-refractivity contribution in [1.82, 2.24) is 14.1 Å². The number of nitriles is 1. The SMILES string of the molecule is CC(C)OC(=O)Nc1ccc(-c2c(C#N)c3cc(OCCn4ccnc4)ccc3n2C2CCC2)cc1. The van der Waals surface area contributed by atoms with Crippen LogP contribution in [0, 0.1) is 11.3 Å². The lowest BCUT2D eigenvalue weighted by Gasteiger charge is -2.30. The largest absolute Gasteiger partial charge is 0.492 e. The van der Waals surface area contributed by atoms with Crippen LogP contribution < -0.4 is 10.1 Å². The van der Waals surface area contributed by atoms with Crippen molar-refractivity contribution >= 4 is 22.7 Å². The van der Waals surface area contributed by atoms with Gasteiger partial charge in [-0.1, -0.05) is 12.1 Å². The Labute approximate surface area is 210 Å². The molecule has 0 unspecified atom stereocenters. The maximum Gasteiger partial charge on any atom is 0.411 e. The summed E-state index contributed by atoms with van der Waals surface area (Å²) in [5.41, 5.74) is 4.15. The second-order valence-electron chi connectivity index (χ2n) is 9.27. The van der Waals surface area contributed by atoms with Crippen LogP contribution in [0.5, 0.6) is 5.75 Å². The molecular weight excluding hydrogens is 454 g/mol. The van der Waals surface area contributed by atoms with E-state index in [0.29, 0.717) is 30.4 Å². The van der Waals surface area contributed by atoms with Crippen molar-refractivity contribution in [2.24, 2.45) is 0 Å². The Kier molecular flexibility index (Phi) is 6.63. The highest BCUT2D eigenvalue weighted by atomic mass is 16.6. The number of ether oxygens (including phenoxy) is 2. The highest BCUT2D eigenvalue weighted by Gasteiger charge is 2.28. The maximum atomic E-state index is 12.0. The third-order valence-electron chi connectivity index (χ3n) is 6.45. The molecule has 8 heteroatoms. The molecule has 0 atom stereocenters. The van der Waals surface area contributed by atoms with Crippen molar-refractivity contribution in [3.63, 3.8) is 0 Å². The number of carbonyl (C=O) groups is 1. The molecule has 1 aliphatic carbocycles. The molecule has 1 amide bonds. The molecule has 1 fully saturated rings. The summed E-state index contributed by atoms with van der Waals surface area (Å²) in [4.78, 5) is 16.0. The molecule has 1 aliphatic rings. The lowest BCUT2D eigenvalue weighted by molar-refractivity contribution is 0.130. The van der Waals surface area contributed by atoms with Gasteiger partial charge in [-0.3, -0.25) is 5.32 Å². The minimum atomic E-state index is -0.486. The minimum absolute atomic E-state index is 0.194. The molecule has 1 N–H and O–H groups in total. The van der Waals surface area contributed by atoms with Crippen LogP contribution in [0.15, 0.2) is 61.2 Å². The Hall–Kier alpha value is -4.25. The fourth-order valence-electron chi connectivity index (χ4n) is 4.57. The molecule has 0 aliphatic heterocycles. The third kappa shape index (κ3) is 4.78. The first-order valence-electron chi connectivity index (χ1n) is 12.3. The summed E-state index contributed by atoms with van der Waals surface area (Å²) in [6, 6.07) is 16.4. The van der Waals surface area contributed by atoms with Crippen LogP contribution in [0.25, 0.3) is 22.2 Å². The summed E-state index contributed by atoms with van der Waals surface area (Å²) < 4.78 is 15.4. The summed E-state index contributed by atoms with van der Waals surface area (Å²) in [6.45, 7) is 4.82. The van der Waals surface area contributed by atoms with Crippen LogP contribution in [0.3, 0.4) is 0 Å². The number of amides is 1. The molecule has 0 radical (unpaired) electrons. The average Bonchev–Trinajstić information content (AvgIpc) is 3.44. The van der Waals surface area contributed by atoms with Crippen LogP contribution >= 0.6 is 0 Å². The number of imidazole rings is 1. The van der Waals surface area contributed by atoms with Crippen LogP contribution in [0.2, 0.25) is 0 Å². The molecular formula is C28H29N5O3. The van der Waals surface area contributed by atoms with E-state index in [2.05, 4.69) is 27.0 Å². The van der Waals surface area contributed by atoms with E-state index >= 15 is 0 Å². The zero-order valence-electron chi connectivity index (χ0n) is 20.5. The van der Waals surface area contributed by atoms with Gasteiger partial charge in [0, 0.05) is 29.5 Å². The van der Waals surface area contributed by atoms with E-state index in [1.165, 1.54) is 6.42 Å². The summed E-state index contributed by atoms with van der Waals surface area (Å²) in [7, 11) is 0. The van der Waals surface area contributed by atoms with Gasteiger partial charge in [-0.25, -0.2) is 9.78 Å². The van der Waals surface area contributed by atoms with Crippen molar-refractivity contribution in [3.05, 3.63) is 66.7 Å². The molecule has 2 aromatic heterocycles. The van der Waals surface area contributed by atoms with Crippen molar-refractivity contribution in [1.29, 1.82) is 5.26 Å². The van der Waals surface area contributed by atoms with Crippen LogP contribution in [-0.4, -0.2) is 32.9 Å². The van der Waals surface area contributed by atoms with Gasteiger partial charge < -0.3 is 18.6 Å². The van der Waals surface area contributed by atoms with Gasteiger partial charge in [0.05, 0.1) is 35.8 Å². The average molecular weight is 484 g/mol. The van der Waals surface area contributed by atoms with E-state index < -0.39 is 6.09 Å². The van der Waals surface area contributed by atoms with Gasteiger partial charge in [-0.2, -0.15) is 5.26 Å². The highest BCUT2D eigenvalue weighted by Crippen LogP contribution is 2.43. The second kappa shape index (κ2) is 10.2. The number of rotatable bonds is 8. The Morgan fingerprint density at radius 2 is 2.03 bits per heavy atom. The molecule has 0 spiro atoms. The zero-order valence-corrected chi connectivity index (χ0v) is 20.5. The summed E-state index contributed by atoms with van der Waals surface area (Å²) >= 11 is 0. The summed E-state index contributed by atoms with van der Waals surface area (Å²) in [5, 5.41) is 13.9. The number of benzene rings is 2. The Morgan fingerprint density at radius 1 is 1.22 bits per heavy atom. The second-order valence-corrected chi connectivity index (χ2v) is 9.27. The number of fused-ring (bicyclic) bond motifs is 1. The van der Waals surface area contributed by atoms with Gasteiger partial charge in [-0.05, 0) is 69.0 Å². The molecule has 1 saturated carbocycles. The van der Waals surface area contributed by atoms with Crippen LogP contribution in [-0.2, 0) is 11.3 Å². The van der Waals surface area contributed by atoms with E-state index in [1.54, 1.807) is 12.5 Å². The van der Waals surface area contributed by atoms with Gasteiger partial charge in [-0.15, -0.1) is 0 Å². The lowest BCUT2D eigenvalue weighted by Crippen LogP contribution is -2.18. The van der Waals surface area contributed by atoms with E-state index in [9.17, 15) is 10.1 Å². The molecule has 0 saturated heterocycles. The van der Waals surface area contributed by atoms with Crippen molar-refractivity contribution in [2.45, 2.75) is 51.8 Å². The highest BCUT2D eigenvalue weighted by molar-refractivity contribution is 5.96. The predicted octanol–water partition coefficient (Wildman–Crippen LogP) is 6.14. The number of nitrogens with one attached hydrogen (secondary N) is 1. The Balaban J connectivity index is 1.47. The third-order valence-corrected chi connectivity index (χ3v) is 6.45. The van der Waals surface area contributed by atoms with E-state index in [4.69, 9.17) is 9.47 Å². The molecule has 2 aromatic carbocycles. The van der Waals surface area contributed by atoms with Crippen LogP contribution in [0.4, 0.5) is 10.5 Å². The fraction of sp³-hybridized carbons (Fsp3) is 0.321. The van der Waals surface area contributed by atoms with Crippen molar-refractivity contribution in [2.75, 3.05) is 11.9 Å². The van der Waals surface area contributed by atoms with E-state index in [1.807, 2.05) is 61.0 Å². The van der Waals surface area contributed by atoms with Crippen LogP contribution in [0.1, 0.15) is 44.7 Å². The first-order valence-corrected chi connectivity index (χ1v) is 12.3. The smallest absolute Gasteiger partial charge is 0.411 e. The summed E-state index contributed by atoms with van der Waals surface area (Å²) in [6.07, 6.45) is 8.09. The summed E-state index contributed by atoms with van der Waals surface area (Å²) in [5.74, 6) is 0.736.